The second-order valence-corrected chi connectivity index (χ2v) is 9.13. The summed E-state index contributed by atoms with van der Waals surface area (Å²) >= 11 is 0. The number of esters is 1. The average molecular weight is 435 g/mol. The van der Waals surface area contributed by atoms with E-state index in [-0.39, 0.29) is 5.57 Å². The monoisotopic (exact) mass is 434 g/mol. The number of carbonyl (C=O) groups is 1. The standard InChI is InChI=1S/C22H43O6P/c1-6-8-10-12-14-16-18-25-29(24,26-19-17-15-13-11-9-7-2)28-21(5)27-22(23)20(3)4/h21H,3,6-19H2,1-2,4-5H3. The van der Waals surface area contributed by atoms with E-state index in [0.29, 0.717) is 13.2 Å². The molecule has 0 aromatic heterocycles. The number of unbranched alkanes of at least 4 members (excludes halogenated alkanes) is 10. The van der Waals surface area contributed by atoms with Crippen molar-refractivity contribution in [1.82, 2.24) is 0 Å². The van der Waals surface area contributed by atoms with Crippen LogP contribution in [-0.2, 0) is 27.7 Å². The lowest BCUT2D eigenvalue weighted by Crippen LogP contribution is -2.19. The Kier molecular flexibility index (Phi) is 17.7. The molecule has 7 heteroatoms. The zero-order chi connectivity index (χ0) is 22.0. The van der Waals surface area contributed by atoms with Crippen LogP contribution in [0.15, 0.2) is 12.2 Å². The van der Waals surface area contributed by atoms with Crippen LogP contribution in [-0.4, -0.2) is 25.5 Å². The topological polar surface area (TPSA) is 71.1 Å². The average Bonchev–Trinajstić information content (AvgIpc) is 2.66. The number of phosphoric acid groups is 1. The maximum Gasteiger partial charge on any atom is 0.477 e. The maximum absolute atomic E-state index is 13.0. The molecule has 0 aromatic carbocycles. The quantitative estimate of drug-likeness (QED) is 0.0657. The largest absolute Gasteiger partial charge is 0.477 e. The molecule has 0 spiro atoms. The Labute approximate surface area is 178 Å². The summed E-state index contributed by atoms with van der Waals surface area (Å²) in [4.78, 5) is 11.6. The van der Waals surface area contributed by atoms with Gasteiger partial charge in [0.2, 0.25) is 6.29 Å². The molecule has 0 N–H and O–H groups in total. The second kappa shape index (κ2) is 18.1. The van der Waals surface area contributed by atoms with Crippen LogP contribution in [0, 0.1) is 0 Å². The zero-order valence-corrected chi connectivity index (χ0v) is 20.0. The predicted octanol–water partition coefficient (Wildman–Crippen LogP) is 7.33. The highest BCUT2D eigenvalue weighted by Gasteiger charge is 2.30. The molecule has 0 heterocycles. The van der Waals surface area contributed by atoms with Gasteiger partial charge in [-0.05, 0) is 26.7 Å². The molecule has 0 aromatic rings. The lowest BCUT2D eigenvalue weighted by molar-refractivity contribution is -0.158. The van der Waals surface area contributed by atoms with Crippen LogP contribution in [0.3, 0.4) is 0 Å². The number of rotatable bonds is 20. The summed E-state index contributed by atoms with van der Waals surface area (Å²) in [5.41, 5.74) is 0.247. The van der Waals surface area contributed by atoms with Gasteiger partial charge in [-0.3, -0.25) is 9.05 Å². The van der Waals surface area contributed by atoms with Crippen LogP contribution in [0.25, 0.3) is 0 Å². The van der Waals surface area contributed by atoms with Gasteiger partial charge in [0.05, 0.1) is 13.2 Å². The fourth-order valence-electron chi connectivity index (χ4n) is 2.67. The van der Waals surface area contributed by atoms with E-state index < -0.39 is 20.1 Å². The molecule has 0 rings (SSSR count). The highest BCUT2D eigenvalue weighted by Crippen LogP contribution is 2.51. The first-order chi connectivity index (χ1) is 13.8. The van der Waals surface area contributed by atoms with Crippen molar-refractivity contribution in [3.8, 4) is 0 Å². The number of hydrogen-bond donors (Lipinski definition) is 0. The van der Waals surface area contributed by atoms with Crippen molar-refractivity contribution in [2.75, 3.05) is 13.2 Å². The number of carbonyl (C=O) groups excluding carboxylic acids is 1. The van der Waals surface area contributed by atoms with Crippen LogP contribution >= 0.6 is 7.82 Å². The molecule has 0 aliphatic heterocycles. The van der Waals surface area contributed by atoms with E-state index in [2.05, 4.69) is 20.4 Å². The molecule has 0 fully saturated rings. The van der Waals surface area contributed by atoms with E-state index in [0.717, 1.165) is 38.5 Å². The van der Waals surface area contributed by atoms with Crippen LogP contribution in [0.4, 0.5) is 0 Å². The Bertz CT molecular complexity index is 458. The first-order valence-electron chi connectivity index (χ1n) is 11.3. The molecule has 0 aliphatic carbocycles. The highest BCUT2D eigenvalue weighted by atomic mass is 31.2. The second-order valence-electron chi connectivity index (χ2n) is 7.51. The predicted molar refractivity (Wildman–Crippen MR) is 118 cm³/mol. The van der Waals surface area contributed by atoms with Crippen molar-refractivity contribution in [1.29, 1.82) is 0 Å². The molecule has 0 radical (unpaired) electrons. The van der Waals surface area contributed by atoms with Gasteiger partial charge < -0.3 is 4.74 Å². The van der Waals surface area contributed by atoms with Gasteiger partial charge in [-0.1, -0.05) is 84.6 Å². The van der Waals surface area contributed by atoms with Crippen LogP contribution in [0.2, 0.25) is 0 Å². The fourth-order valence-corrected chi connectivity index (χ4v) is 3.98. The summed E-state index contributed by atoms with van der Waals surface area (Å²) in [7, 11) is -3.79. The molecule has 6 nitrogen and oxygen atoms in total. The summed E-state index contributed by atoms with van der Waals surface area (Å²) < 4.78 is 34.4. The fraction of sp³-hybridized carbons (Fsp3) is 0.864. The molecule has 0 saturated heterocycles. The lowest BCUT2D eigenvalue weighted by Gasteiger charge is -2.22. The molecule has 0 bridgehead atoms. The summed E-state index contributed by atoms with van der Waals surface area (Å²) in [5.74, 6) is -0.601. The Morgan fingerprint density at radius 1 is 0.828 bits per heavy atom. The van der Waals surface area contributed by atoms with Gasteiger partial charge >= 0.3 is 13.8 Å². The number of phosphoric ester groups is 1. The molecule has 1 unspecified atom stereocenters. The SMILES string of the molecule is C=C(C)C(=O)OC(C)OP(=O)(OCCCCCCCC)OCCCCCCCC. The molecule has 1 atom stereocenters. The lowest BCUT2D eigenvalue weighted by atomic mass is 10.1. The minimum Gasteiger partial charge on any atom is -0.432 e. The first-order valence-corrected chi connectivity index (χ1v) is 12.7. The Hall–Kier alpha value is -0.680. The first kappa shape index (κ1) is 28.3. The van der Waals surface area contributed by atoms with Gasteiger partial charge in [0.1, 0.15) is 0 Å². The normalized spacial score (nSPS) is 12.7. The van der Waals surface area contributed by atoms with Crippen LogP contribution in [0.5, 0.6) is 0 Å². The zero-order valence-electron chi connectivity index (χ0n) is 19.1. The van der Waals surface area contributed by atoms with Gasteiger partial charge in [-0.25, -0.2) is 13.9 Å². The van der Waals surface area contributed by atoms with Crippen LogP contribution in [0.1, 0.15) is 105 Å². The van der Waals surface area contributed by atoms with E-state index in [1.807, 2.05) is 0 Å². The third-order valence-corrected chi connectivity index (χ3v) is 5.95. The molecule has 29 heavy (non-hydrogen) atoms. The van der Waals surface area contributed by atoms with E-state index in [4.69, 9.17) is 18.3 Å². The summed E-state index contributed by atoms with van der Waals surface area (Å²) in [6.45, 7) is 11.5. The van der Waals surface area contributed by atoms with Crippen molar-refractivity contribution in [2.24, 2.45) is 0 Å². The van der Waals surface area contributed by atoms with Gasteiger partial charge in [0, 0.05) is 5.57 Å². The minimum atomic E-state index is -3.79. The Morgan fingerprint density at radius 2 is 1.24 bits per heavy atom. The summed E-state index contributed by atoms with van der Waals surface area (Å²) in [5, 5.41) is 0. The smallest absolute Gasteiger partial charge is 0.432 e. The van der Waals surface area contributed by atoms with Crippen molar-refractivity contribution < 1.29 is 27.7 Å². The van der Waals surface area contributed by atoms with Gasteiger partial charge in [0.15, 0.2) is 0 Å². The third kappa shape index (κ3) is 16.8. The van der Waals surface area contributed by atoms with Gasteiger partial charge in [-0.2, -0.15) is 0 Å². The van der Waals surface area contributed by atoms with Crippen molar-refractivity contribution in [3.05, 3.63) is 12.2 Å². The maximum atomic E-state index is 13.0. The third-order valence-electron chi connectivity index (χ3n) is 4.39. The molecular formula is C22H43O6P. The molecule has 172 valence electrons. The molecule has 0 amide bonds. The summed E-state index contributed by atoms with van der Waals surface area (Å²) in [6.07, 6.45) is 12.1. The number of hydrogen-bond acceptors (Lipinski definition) is 6. The summed E-state index contributed by atoms with van der Waals surface area (Å²) in [6, 6.07) is 0. The van der Waals surface area contributed by atoms with Crippen molar-refractivity contribution in [2.45, 2.75) is 111 Å². The van der Waals surface area contributed by atoms with E-state index in [1.54, 1.807) is 6.92 Å². The van der Waals surface area contributed by atoms with Crippen molar-refractivity contribution in [3.63, 3.8) is 0 Å². The Morgan fingerprint density at radius 3 is 1.66 bits per heavy atom. The van der Waals surface area contributed by atoms with Gasteiger partial charge in [0.25, 0.3) is 0 Å². The molecule has 0 saturated carbocycles. The number of ether oxygens (including phenoxy) is 1. The van der Waals surface area contributed by atoms with Crippen molar-refractivity contribution >= 4 is 13.8 Å². The van der Waals surface area contributed by atoms with Gasteiger partial charge in [-0.15, -0.1) is 0 Å². The van der Waals surface area contributed by atoms with E-state index in [9.17, 15) is 9.36 Å². The van der Waals surface area contributed by atoms with E-state index >= 15 is 0 Å². The molecular weight excluding hydrogens is 391 g/mol. The highest BCUT2D eigenvalue weighted by molar-refractivity contribution is 7.48. The minimum absolute atomic E-state index is 0.247. The van der Waals surface area contributed by atoms with E-state index in [1.165, 1.54) is 45.4 Å². The Balaban J connectivity index is 4.42. The van der Waals surface area contributed by atoms with Crippen LogP contribution < -0.4 is 0 Å². The molecule has 0 aliphatic rings.